The maximum absolute atomic E-state index is 12.8. The van der Waals surface area contributed by atoms with Crippen LogP contribution >= 0.6 is 7.82 Å². The molecule has 0 fully saturated rings. The Kier molecular flexibility index (Phi) is 33.6. The van der Waals surface area contributed by atoms with Crippen molar-refractivity contribution >= 4 is 13.7 Å². The summed E-state index contributed by atoms with van der Waals surface area (Å²) in [6.45, 7) is 4.66. The van der Waals surface area contributed by atoms with E-state index >= 15 is 0 Å². The molecule has 0 heterocycles. The zero-order valence-corrected chi connectivity index (χ0v) is 34.7. The first-order chi connectivity index (χ1) is 24.5. The number of likely N-dealkylation sites (N-methyl/N-ethyl adjacent to an activating group) is 1. The Labute approximate surface area is 315 Å². The first kappa shape index (κ1) is 49.7. The van der Waals surface area contributed by atoms with Crippen LogP contribution in [0.15, 0.2) is 36.5 Å². The molecule has 9 heteroatoms. The van der Waals surface area contributed by atoms with Gasteiger partial charge in [0.15, 0.2) is 0 Å². The first-order valence-electron chi connectivity index (χ1n) is 20.9. The molecule has 0 aliphatic heterocycles. The third-order valence-corrected chi connectivity index (χ3v) is 10.1. The SMILES string of the molecule is CC/C=C/CC/C=C/CC/C=C/C(O)C(COP(=O)(O)OCC[N+](C)(C)C)NC(=O)CCCCCCCCCCCCCCCCCCCCC. The van der Waals surface area contributed by atoms with Crippen LogP contribution in [-0.2, 0) is 18.4 Å². The molecule has 0 bridgehead atoms. The van der Waals surface area contributed by atoms with Gasteiger partial charge in [-0.05, 0) is 38.5 Å². The highest BCUT2D eigenvalue weighted by molar-refractivity contribution is 7.47. The average molecular weight is 742 g/mol. The third-order valence-electron chi connectivity index (χ3n) is 9.10. The lowest BCUT2D eigenvalue weighted by Gasteiger charge is -2.25. The van der Waals surface area contributed by atoms with E-state index in [-0.39, 0.29) is 19.1 Å². The number of carbonyl (C=O) groups excluding carboxylic acids is 1. The summed E-state index contributed by atoms with van der Waals surface area (Å²) < 4.78 is 23.4. The van der Waals surface area contributed by atoms with Crippen molar-refractivity contribution in [3.05, 3.63) is 36.5 Å². The minimum Gasteiger partial charge on any atom is -0.387 e. The quantitative estimate of drug-likeness (QED) is 0.0253. The summed E-state index contributed by atoms with van der Waals surface area (Å²) in [5, 5.41) is 13.7. The largest absolute Gasteiger partial charge is 0.472 e. The highest BCUT2D eigenvalue weighted by atomic mass is 31.2. The maximum atomic E-state index is 12.8. The molecule has 0 aromatic heterocycles. The molecule has 8 nitrogen and oxygen atoms in total. The van der Waals surface area contributed by atoms with Crippen molar-refractivity contribution in [2.75, 3.05) is 40.9 Å². The van der Waals surface area contributed by atoms with Gasteiger partial charge in [0.1, 0.15) is 13.2 Å². The smallest absolute Gasteiger partial charge is 0.387 e. The predicted molar refractivity (Wildman–Crippen MR) is 217 cm³/mol. The monoisotopic (exact) mass is 742 g/mol. The van der Waals surface area contributed by atoms with E-state index in [0.717, 1.165) is 51.4 Å². The molecular weight excluding hydrogens is 659 g/mol. The van der Waals surface area contributed by atoms with Crippen LogP contribution in [0.2, 0.25) is 0 Å². The Balaban J connectivity index is 4.36. The number of amides is 1. The topological polar surface area (TPSA) is 105 Å². The predicted octanol–water partition coefficient (Wildman–Crippen LogP) is 11.1. The van der Waals surface area contributed by atoms with Crippen molar-refractivity contribution < 1.29 is 32.9 Å². The van der Waals surface area contributed by atoms with Crippen molar-refractivity contribution in [2.45, 2.75) is 187 Å². The van der Waals surface area contributed by atoms with E-state index in [1.165, 1.54) is 103 Å². The van der Waals surface area contributed by atoms with Crippen molar-refractivity contribution in [3.8, 4) is 0 Å². The second kappa shape index (κ2) is 34.5. The number of nitrogens with zero attached hydrogens (tertiary/aromatic N) is 1. The van der Waals surface area contributed by atoms with E-state index in [4.69, 9.17) is 9.05 Å². The van der Waals surface area contributed by atoms with Gasteiger partial charge in [-0.2, -0.15) is 0 Å². The summed E-state index contributed by atoms with van der Waals surface area (Å²) in [6, 6.07) is -0.863. The van der Waals surface area contributed by atoms with Gasteiger partial charge in [-0.25, -0.2) is 4.57 Å². The van der Waals surface area contributed by atoms with Crippen LogP contribution in [-0.4, -0.2) is 73.4 Å². The highest BCUT2D eigenvalue weighted by Gasteiger charge is 2.27. The van der Waals surface area contributed by atoms with E-state index in [0.29, 0.717) is 17.4 Å². The van der Waals surface area contributed by atoms with Crippen molar-refractivity contribution in [1.82, 2.24) is 5.32 Å². The van der Waals surface area contributed by atoms with E-state index in [1.54, 1.807) is 6.08 Å². The molecule has 0 aromatic rings. The van der Waals surface area contributed by atoms with Crippen molar-refractivity contribution in [3.63, 3.8) is 0 Å². The van der Waals surface area contributed by atoms with Gasteiger partial charge in [0, 0.05) is 6.42 Å². The van der Waals surface area contributed by atoms with Crippen LogP contribution in [0, 0.1) is 0 Å². The first-order valence-corrected chi connectivity index (χ1v) is 22.4. The summed E-state index contributed by atoms with van der Waals surface area (Å²) >= 11 is 0. The number of hydrogen-bond donors (Lipinski definition) is 3. The van der Waals surface area contributed by atoms with Gasteiger partial charge in [0.25, 0.3) is 0 Å². The number of carbonyl (C=O) groups is 1. The number of hydrogen-bond acceptors (Lipinski definition) is 5. The van der Waals surface area contributed by atoms with Crippen LogP contribution in [0.3, 0.4) is 0 Å². The maximum Gasteiger partial charge on any atom is 0.472 e. The molecule has 0 aliphatic carbocycles. The minimum absolute atomic E-state index is 0.0541. The summed E-state index contributed by atoms with van der Waals surface area (Å²) in [6.07, 6.45) is 40.8. The second-order valence-electron chi connectivity index (χ2n) is 15.3. The molecular formula is C42H82N2O6P+. The standard InChI is InChI=1S/C42H81N2O6P/c1-6-8-10-12-14-16-18-19-20-21-22-23-24-25-26-28-30-32-34-36-42(46)43-40(39-50-51(47,48)49-38-37-44(3,4)5)41(45)35-33-31-29-27-17-15-13-11-9-7-2/h9,11,17,27,33,35,40-41,45H,6-8,10,12-16,18-26,28-32,34,36-39H2,1-5H3,(H-,43,46,47,48)/p+1/b11-9+,27-17+,35-33+. The lowest BCUT2D eigenvalue weighted by atomic mass is 10.0. The Hall–Kier alpha value is -1.28. The molecule has 3 unspecified atom stereocenters. The fourth-order valence-corrected chi connectivity index (χ4v) is 6.52. The fourth-order valence-electron chi connectivity index (χ4n) is 5.79. The summed E-state index contributed by atoms with van der Waals surface area (Å²) in [7, 11) is 1.54. The zero-order valence-electron chi connectivity index (χ0n) is 33.8. The molecule has 0 rings (SSSR count). The lowest BCUT2D eigenvalue weighted by molar-refractivity contribution is -0.870. The Morgan fingerprint density at radius 2 is 1.10 bits per heavy atom. The number of nitrogens with one attached hydrogen (secondary N) is 1. The van der Waals surface area contributed by atoms with E-state index in [2.05, 4.69) is 43.5 Å². The van der Waals surface area contributed by atoms with Gasteiger partial charge in [-0.15, -0.1) is 0 Å². The average Bonchev–Trinajstić information content (AvgIpc) is 3.07. The third kappa shape index (κ3) is 36.9. The van der Waals surface area contributed by atoms with Crippen LogP contribution in [0.1, 0.15) is 174 Å². The zero-order chi connectivity index (χ0) is 37.9. The van der Waals surface area contributed by atoms with Gasteiger partial charge in [0.05, 0.1) is 39.9 Å². The van der Waals surface area contributed by atoms with E-state index < -0.39 is 20.0 Å². The number of unbranched alkanes of at least 4 members (excludes halogenated alkanes) is 20. The Bertz CT molecular complexity index is 933. The summed E-state index contributed by atoms with van der Waals surface area (Å²) in [5.74, 6) is -0.193. The fraction of sp³-hybridized carbons (Fsp3) is 0.833. The second-order valence-corrected chi connectivity index (χ2v) is 16.8. The number of aliphatic hydroxyl groups excluding tert-OH is 1. The molecule has 0 spiro atoms. The molecule has 3 N–H and O–H groups in total. The van der Waals surface area contributed by atoms with E-state index in [1.807, 2.05) is 27.2 Å². The van der Waals surface area contributed by atoms with E-state index in [9.17, 15) is 19.4 Å². The number of phosphoric ester groups is 1. The van der Waals surface area contributed by atoms with Crippen molar-refractivity contribution in [2.24, 2.45) is 0 Å². The van der Waals surface area contributed by atoms with Crippen LogP contribution in [0.4, 0.5) is 0 Å². The van der Waals surface area contributed by atoms with Gasteiger partial charge >= 0.3 is 7.82 Å². The number of rotatable bonds is 37. The Morgan fingerprint density at radius 1 is 0.667 bits per heavy atom. The lowest BCUT2D eigenvalue weighted by Crippen LogP contribution is -2.45. The molecule has 0 saturated heterocycles. The molecule has 0 aliphatic rings. The van der Waals surface area contributed by atoms with Gasteiger partial charge in [-0.1, -0.05) is 166 Å². The number of aliphatic hydroxyl groups is 1. The van der Waals surface area contributed by atoms with Crippen LogP contribution < -0.4 is 5.32 Å². The molecule has 0 saturated carbocycles. The molecule has 1 amide bonds. The number of allylic oxidation sites excluding steroid dienone is 5. The summed E-state index contributed by atoms with van der Waals surface area (Å²) in [4.78, 5) is 23.0. The Morgan fingerprint density at radius 3 is 1.55 bits per heavy atom. The molecule has 51 heavy (non-hydrogen) atoms. The number of phosphoric acid groups is 1. The summed E-state index contributed by atoms with van der Waals surface area (Å²) in [5.41, 5.74) is 0. The highest BCUT2D eigenvalue weighted by Crippen LogP contribution is 2.43. The molecule has 0 radical (unpaired) electrons. The number of quaternary nitrogens is 1. The van der Waals surface area contributed by atoms with Gasteiger partial charge in [-0.3, -0.25) is 13.8 Å². The van der Waals surface area contributed by atoms with Crippen LogP contribution in [0.25, 0.3) is 0 Å². The normalized spacial score (nSPS) is 14.9. The van der Waals surface area contributed by atoms with Gasteiger partial charge < -0.3 is 19.8 Å². The van der Waals surface area contributed by atoms with Crippen molar-refractivity contribution in [1.29, 1.82) is 0 Å². The minimum atomic E-state index is -4.34. The molecule has 0 aromatic carbocycles. The molecule has 3 atom stereocenters. The molecule has 300 valence electrons. The van der Waals surface area contributed by atoms with Gasteiger partial charge in [0.2, 0.25) is 5.91 Å². The van der Waals surface area contributed by atoms with Crippen LogP contribution in [0.5, 0.6) is 0 Å².